The summed E-state index contributed by atoms with van der Waals surface area (Å²) in [5, 5.41) is 0. The average Bonchev–Trinajstić information content (AvgIpc) is 3.24. The van der Waals surface area contributed by atoms with Gasteiger partial charge in [0.25, 0.3) is 0 Å². The van der Waals surface area contributed by atoms with Gasteiger partial charge in [-0.3, -0.25) is 0 Å². The molecule has 0 aliphatic heterocycles. The van der Waals surface area contributed by atoms with E-state index in [9.17, 15) is 0 Å². The largest absolute Gasteiger partial charge is 0.358 e. The number of nitrogens with zero attached hydrogens (tertiary/aromatic N) is 2. The van der Waals surface area contributed by atoms with Crippen molar-refractivity contribution in [2.45, 2.75) is 33.1 Å². The van der Waals surface area contributed by atoms with Crippen LogP contribution in [0.1, 0.15) is 36.1 Å². The minimum atomic E-state index is 0. The van der Waals surface area contributed by atoms with Crippen molar-refractivity contribution in [2.24, 2.45) is 0 Å². The van der Waals surface area contributed by atoms with E-state index < -0.39 is 0 Å². The van der Waals surface area contributed by atoms with Crippen LogP contribution in [0.15, 0.2) is 134 Å². The van der Waals surface area contributed by atoms with Crippen LogP contribution in [-0.2, 0) is 45.6 Å². The van der Waals surface area contributed by atoms with Crippen LogP contribution in [-0.4, -0.2) is 9.97 Å². The molecule has 1 aliphatic carbocycles. The third-order valence-electron chi connectivity index (χ3n) is 7.29. The van der Waals surface area contributed by atoms with Gasteiger partial charge in [0.05, 0.1) is 0 Å². The zero-order valence-electron chi connectivity index (χ0n) is 26.8. The number of aryl methyl sites for hydroxylation is 2. The number of rotatable bonds is 2. The van der Waals surface area contributed by atoms with Crippen molar-refractivity contribution >= 4 is 0 Å². The summed E-state index contributed by atoms with van der Waals surface area (Å²) in [6.07, 6.45) is 3.58. The Morgan fingerprint density at radius 3 is 1.24 bits per heavy atom. The molecule has 2 nitrogen and oxygen atoms in total. The van der Waals surface area contributed by atoms with Gasteiger partial charge in [-0.15, -0.1) is 71.8 Å². The molecule has 0 saturated heterocycles. The van der Waals surface area contributed by atoms with Crippen molar-refractivity contribution in [3.8, 4) is 33.6 Å². The summed E-state index contributed by atoms with van der Waals surface area (Å²) in [4.78, 5) is 8.44. The number of benzene rings is 4. The summed E-state index contributed by atoms with van der Waals surface area (Å²) >= 11 is 0. The Bertz CT molecular complexity index is 1500. The Balaban J connectivity index is 0.000000330. The van der Waals surface area contributed by atoms with E-state index in [0.717, 1.165) is 22.5 Å². The Kier molecular flexibility index (Phi) is 16.2. The predicted molar refractivity (Wildman–Crippen MR) is 183 cm³/mol. The van der Waals surface area contributed by atoms with E-state index in [-0.39, 0.29) is 60.5 Å². The summed E-state index contributed by atoms with van der Waals surface area (Å²) in [6.45, 7) is 9.00. The predicted octanol–water partition coefficient (Wildman–Crippen LogP) is 10.6. The minimum Gasteiger partial charge on any atom is -0.358 e. The van der Waals surface area contributed by atoms with Crippen LogP contribution in [0.5, 0.6) is 0 Å². The molecular formula is C41H40Ir2N2-4. The topological polar surface area (TPSA) is 25.8 Å². The number of hydrogen-bond donors (Lipinski definition) is 0. The fourth-order valence-corrected chi connectivity index (χ4v) is 5.11. The molecule has 0 fully saturated rings. The zero-order chi connectivity index (χ0) is 28.7. The van der Waals surface area contributed by atoms with E-state index in [2.05, 4.69) is 86.2 Å². The maximum absolute atomic E-state index is 4.22. The van der Waals surface area contributed by atoms with Crippen molar-refractivity contribution in [1.29, 1.82) is 0 Å². The first kappa shape index (κ1) is 39.5. The van der Waals surface area contributed by atoms with Crippen LogP contribution < -0.4 is 0 Å². The zero-order valence-corrected chi connectivity index (χ0v) is 31.6. The molecule has 0 spiro atoms. The Labute approximate surface area is 298 Å². The second kappa shape index (κ2) is 18.4. The first-order valence-corrected chi connectivity index (χ1v) is 13.9. The molecule has 6 aromatic rings. The molecule has 0 bridgehead atoms. The van der Waals surface area contributed by atoms with Gasteiger partial charge in [-0.2, -0.15) is 0 Å². The van der Waals surface area contributed by atoms with E-state index in [1.165, 1.54) is 33.4 Å². The second-order valence-electron chi connectivity index (χ2n) is 10.7. The SMILES string of the molecule is Cc1ccc2c(c1)C(C)(C)c1cc(C)ccc1-2.[CH3-].[CH3-].[Ir].[Ir].[c-]1ccccc1-c1ccccn1.[c-]1ccccc1-c1ccccn1. The molecule has 0 atom stereocenters. The smallest absolute Gasteiger partial charge is 0.0160 e. The van der Waals surface area contributed by atoms with Crippen LogP contribution in [0.25, 0.3) is 33.6 Å². The van der Waals surface area contributed by atoms with Gasteiger partial charge < -0.3 is 24.8 Å². The van der Waals surface area contributed by atoms with Gasteiger partial charge in [-0.25, -0.2) is 0 Å². The number of pyridine rings is 2. The molecule has 4 heteroatoms. The molecule has 7 rings (SSSR count). The van der Waals surface area contributed by atoms with E-state index in [1.54, 1.807) is 12.4 Å². The maximum Gasteiger partial charge on any atom is 0.0160 e. The number of hydrogen-bond acceptors (Lipinski definition) is 2. The molecule has 236 valence electrons. The monoisotopic (exact) mass is 946 g/mol. The van der Waals surface area contributed by atoms with E-state index in [0.29, 0.717) is 0 Å². The van der Waals surface area contributed by atoms with Crippen molar-refractivity contribution in [1.82, 2.24) is 9.97 Å². The fourth-order valence-electron chi connectivity index (χ4n) is 5.11. The summed E-state index contributed by atoms with van der Waals surface area (Å²) < 4.78 is 0. The summed E-state index contributed by atoms with van der Waals surface area (Å²) in [5.74, 6) is 0. The molecule has 4 aromatic carbocycles. The Morgan fingerprint density at radius 1 is 0.511 bits per heavy atom. The van der Waals surface area contributed by atoms with Gasteiger partial charge in [0.1, 0.15) is 0 Å². The van der Waals surface area contributed by atoms with E-state index in [4.69, 9.17) is 0 Å². The first-order valence-electron chi connectivity index (χ1n) is 13.9. The molecule has 0 saturated carbocycles. The molecule has 0 amide bonds. The van der Waals surface area contributed by atoms with Crippen LogP contribution >= 0.6 is 0 Å². The van der Waals surface area contributed by atoms with Gasteiger partial charge in [0.2, 0.25) is 0 Å². The normalized spacial score (nSPS) is 11.0. The van der Waals surface area contributed by atoms with Crippen molar-refractivity contribution < 1.29 is 40.2 Å². The van der Waals surface area contributed by atoms with Crippen molar-refractivity contribution in [3.63, 3.8) is 0 Å². The quantitative estimate of drug-likeness (QED) is 0.162. The number of fused-ring (bicyclic) bond motifs is 3. The second-order valence-corrected chi connectivity index (χ2v) is 10.7. The van der Waals surface area contributed by atoms with Gasteiger partial charge in [-0.1, -0.05) is 85.6 Å². The number of aromatic nitrogens is 2. The standard InChI is InChI=1S/C17H18.2C11H8N.2CH3.2Ir/c1-11-5-7-13-14-8-6-12(2)10-16(14)17(3,4)15(13)9-11;2*1-2-6-10(7-3-1)11-8-4-5-9-12-11;;;;/h5-10H,1-4H3;2*1-6,8-9H;2*1H3;;/q;4*-1;;. The summed E-state index contributed by atoms with van der Waals surface area (Å²) in [7, 11) is 0. The average molecular weight is 945 g/mol. The van der Waals surface area contributed by atoms with E-state index >= 15 is 0 Å². The third kappa shape index (κ3) is 9.73. The molecule has 0 N–H and O–H groups in total. The third-order valence-corrected chi connectivity index (χ3v) is 7.29. The molecule has 2 aromatic heterocycles. The first-order chi connectivity index (χ1) is 19.9. The van der Waals surface area contributed by atoms with Gasteiger partial charge in [-0.05, 0) is 59.6 Å². The van der Waals surface area contributed by atoms with Gasteiger partial charge in [0.15, 0.2) is 0 Å². The minimum absolute atomic E-state index is 0. The molecule has 1 aliphatic rings. The van der Waals surface area contributed by atoms with Crippen LogP contribution in [0.2, 0.25) is 0 Å². The van der Waals surface area contributed by atoms with Crippen molar-refractivity contribution in [2.75, 3.05) is 0 Å². The summed E-state index contributed by atoms with van der Waals surface area (Å²) in [6, 6.07) is 47.3. The molecule has 2 radical (unpaired) electrons. The molecular weight excluding hydrogens is 905 g/mol. The maximum atomic E-state index is 4.22. The van der Waals surface area contributed by atoms with Crippen LogP contribution in [0.3, 0.4) is 0 Å². The van der Waals surface area contributed by atoms with E-state index in [1.807, 2.05) is 84.9 Å². The molecule has 45 heavy (non-hydrogen) atoms. The van der Waals surface area contributed by atoms with Gasteiger partial charge >= 0.3 is 0 Å². The van der Waals surface area contributed by atoms with Crippen LogP contribution in [0, 0.1) is 40.8 Å². The molecule has 2 heterocycles. The van der Waals surface area contributed by atoms with Crippen LogP contribution in [0.4, 0.5) is 0 Å². The Hall–Kier alpha value is -3.52. The molecule has 0 unspecified atom stereocenters. The Morgan fingerprint density at radius 2 is 0.911 bits per heavy atom. The van der Waals surface area contributed by atoms with Gasteiger partial charge in [0, 0.05) is 58.0 Å². The fraction of sp³-hybridized carbons (Fsp3) is 0.122. The van der Waals surface area contributed by atoms with Crippen molar-refractivity contribution in [3.05, 3.63) is 183 Å². The summed E-state index contributed by atoms with van der Waals surface area (Å²) in [5.41, 5.74) is 12.6.